The first-order valence-corrected chi connectivity index (χ1v) is 7.88. The Hall–Kier alpha value is -2.31. The van der Waals surface area contributed by atoms with Crippen LogP contribution in [0.25, 0.3) is 6.08 Å². The quantitative estimate of drug-likeness (QED) is 0.730. The fraction of sp³-hybridized carbons (Fsp3) is 0.188. The van der Waals surface area contributed by atoms with Crippen LogP contribution in [0.1, 0.15) is 18.4 Å². The van der Waals surface area contributed by atoms with E-state index in [-0.39, 0.29) is 12.3 Å². The monoisotopic (exact) mass is 367 g/mol. The Bertz CT molecular complexity index is 772. The minimum atomic E-state index is -0.844. The first-order chi connectivity index (χ1) is 11.4. The number of aryl methyl sites for hydroxylation is 1. The molecule has 0 fully saturated rings. The van der Waals surface area contributed by atoms with E-state index >= 15 is 0 Å². The minimum Gasteiger partial charge on any atom is -0.481 e. The van der Waals surface area contributed by atoms with Gasteiger partial charge in [-0.1, -0.05) is 29.3 Å². The van der Waals surface area contributed by atoms with Gasteiger partial charge in [0, 0.05) is 25.2 Å². The van der Waals surface area contributed by atoms with Crippen LogP contribution >= 0.6 is 23.2 Å². The van der Waals surface area contributed by atoms with Gasteiger partial charge in [0.05, 0.1) is 21.9 Å². The number of carbonyl (C=O) groups excluding carboxylic acids is 1. The molecular weight excluding hydrogens is 353 g/mol. The average Bonchev–Trinajstić information content (AvgIpc) is 2.95. The third-order valence-electron chi connectivity index (χ3n) is 3.05. The Morgan fingerprint density at radius 3 is 2.79 bits per heavy atom. The Kier molecular flexibility index (Phi) is 6.40. The first-order valence-electron chi connectivity index (χ1n) is 7.12. The maximum absolute atomic E-state index is 11.9. The molecule has 1 heterocycles. The normalized spacial score (nSPS) is 10.9. The van der Waals surface area contributed by atoms with Crippen molar-refractivity contribution in [3.8, 4) is 0 Å². The van der Waals surface area contributed by atoms with E-state index in [1.54, 1.807) is 35.2 Å². The summed E-state index contributed by atoms with van der Waals surface area (Å²) in [6, 6.07) is 5.06. The molecule has 0 aliphatic rings. The van der Waals surface area contributed by atoms with E-state index in [0.717, 1.165) is 5.56 Å². The molecule has 1 amide bonds. The molecule has 0 atom stereocenters. The van der Waals surface area contributed by atoms with E-state index in [0.29, 0.717) is 28.7 Å². The first kappa shape index (κ1) is 18.0. The van der Waals surface area contributed by atoms with Gasteiger partial charge in [-0.2, -0.15) is 5.10 Å². The molecule has 2 rings (SSSR count). The number of hydrogen-bond donors (Lipinski definition) is 2. The van der Waals surface area contributed by atoms with E-state index in [1.165, 1.54) is 12.3 Å². The van der Waals surface area contributed by atoms with E-state index < -0.39 is 5.97 Å². The van der Waals surface area contributed by atoms with Gasteiger partial charge in [-0.15, -0.1) is 0 Å². The van der Waals surface area contributed by atoms with Crippen LogP contribution in [0.2, 0.25) is 10.0 Å². The van der Waals surface area contributed by atoms with Gasteiger partial charge < -0.3 is 10.4 Å². The second kappa shape index (κ2) is 8.52. The lowest BCUT2D eigenvalue weighted by Crippen LogP contribution is -2.07. The molecule has 1 aromatic carbocycles. The zero-order valence-corrected chi connectivity index (χ0v) is 14.1. The number of rotatable bonds is 7. The number of carboxylic acid groups (broad SMARTS) is 1. The van der Waals surface area contributed by atoms with Gasteiger partial charge in [-0.25, -0.2) is 0 Å². The summed E-state index contributed by atoms with van der Waals surface area (Å²) in [6.07, 6.45) is 6.70. The van der Waals surface area contributed by atoms with Crippen molar-refractivity contribution in [1.82, 2.24) is 9.78 Å². The number of halogens is 2. The Labute approximate surface area is 148 Å². The summed E-state index contributed by atoms with van der Waals surface area (Å²) in [5, 5.41) is 16.2. The van der Waals surface area contributed by atoms with Gasteiger partial charge in [-0.3, -0.25) is 14.3 Å². The van der Waals surface area contributed by atoms with Gasteiger partial charge in [0.2, 0.25) is 5.91 Å². The number of aliphatic carboxylic acids is 1. The molecule has 8 heteroatoms. The predicted molar refractivity (Wildman–Crippen MR) is 93.2 cm³/mol. The van der Waals surface area contributed by atoms with Gasteiger partial charge in [-0.05, 0) is 30.2 Å². The third-order valence-corrected chi connectivity index (χ3v) is 3.79. The number of anilines is 1. The van der Waals surface area contributed by atoms with Crippen LogP contribution < -0.4 is 5.32 Å². The Morgan fingerprint density at radius 1 is 1.29 bits per heavy atom. The lowest BCUT2D eigenvalue weighted by atomic mass is 10.2. The van der Waals surface area contributed by atoms with Crippen molar-refractivity contribution in [3.05, 3.63) is 52.3 Å². The highest BCUT2D eigenvalue weighted by molar-refractivity contribution is 6.42. The fourth-order valence-corrected chi connectivity index (χ4v) is 2.22. The highest BCUT2D eigenvalue weighted by Gasteiger charge is 2.03. The van der Waals surface area contributed by atoms with Crippen LogP contribution in [0.3, 0.4) is 0 Å². The highest BCUT2D eigenvalue weighted by atomic mass is 35.5. The van der Waals surface area contributed by atoms with Crippen molar-refractivity contribution in [2.75, 3.05) is 5.32 Å². The summed E-state index contributed by atoms with van der Waals surface area (Å²) in [7, 11) is 0. The standard InChI is InChI=1S/C16H15Cl2N3O3/c17-13-5-3-11(8-14(13)18)4-6-15(22)20-12-9-19-21(10-12)7-1-2-16(23)24/h3-6,8-10H,1-2,7H2,(H,20,22)(H,23,24)/b6-4+. The van der Waals surface area contributed by atoms with Crippen molar-refractivity contribution >= 4 is 46.8 Å². The Morgan fingerprint density at radius 2 is 2.08 bits per heavy atom. The van der Waals surface area contributed by atoms with E-state index in [2.05, 4.69) is 10.4 Å². The van der Waals surface area contributed by atoms with Crippen molar-refractivity contribution in [2.45, 2.75) is 19.4 Å². The zero-order chi connectivity index (χ0) is 17.5. The number of carbonyl (C=O) groups is 2. The number of benzene rings is 1. The minimum absolute atomic E-state index is 0.0773. The second-order valence-electron chi connectivity index (χ2n) is 4.99. The molecule has 0 aliphatic heterocycles. The third kappa shape index (κ3) is 5.72. The number of hydrogen-bond acceptors (Lipinski definition) is 3. The molecule has 0 aliphatic carbocycles. The number of amides is 1. The van der Waals surface area contributed by atoms with E-state index in [9.17, 15) is 9.59 Å². The van der Waals surface area contributed by atoms with E-state index in [1.807, 2.05) is 0 Å². The molecule has 2 N–H and O–H groups in total. The lowest BCUT2D eigenvalue weighted by molar-refractivity contribution is -0.137. The number of nitrogens with zero attached hydrogens (tertiary/aromatic N) is 2. The van der Waals surface area contributed by atoms with Crippen molar-refractivity contribution in [3.63, 3.8) is 0 Å². The molecule has 0 unspecified atom stereocenters. The second-order valence-corrected chi connectivity index (χ2v) is 5.80. The zero-order valence-electron chi connectivity index (χ0n) is 12.6. The molecule has 2 aromatic rings. The van der Waals surface area contributed by atoms with Crippen LogP contribution in [0.5, 0.6) is 0 Å². The summed E-state index contributed by atoms with van der Waals surface area (Å²) in [5.41, 5.74) is 1.29. The van der Waals surface area contributed by atoms with Crippen LogP contribution in [-0.4, -0.2) is 26.8 Å². The summed E-state index contributed by atoms with van der Waals surface area (Å²) in [5.74, 6) is -1.16. The molecule has 1 aromatic heterocycles. The molecule has 6 nitrogen and oxygen atoms in total. The summed E-state index contributed by atoms with van der Waals surface area (Å²) in [6.45, 7) is 0.473. The molecule has 24 heavy (non-hydrogen) atoms. The molecular formula is C16H15Cl2N3O3. The number of aromatic nitrogens is 2. The highest BCUT2D eigenvalue weighted by Crippen LogP contribution is 2.23. The van der Waals surface area contributed by atoms with E-state index in [4.69, 9.17) is 28.3 Å². The summed E-state index contributed by atoms with van der Waals surface area (Å²) < 4.78 is 1.58. The number of carboxylic acids is 1. The molecule has 0 bridgehead atoms. The molecule has 0 spiro atoms. The van der Waals surface area contributed by atoms with Crippen LogP contribution in [0.15, 0.2) is 36.7 Å². The molecule has 126 valence electrons. The Balaban J connectivity index is 1.87. The fourth-order valence-electron chi connectivity index (χ4n) is 1.91. The van der Waals surface area contributed by atoms with Crippen LogP contribution in [0, 0.1) is 0 Å². The predicted octanol–water partition coefficient (Wildman–Crippen LogP) is 3.71. The smallest absolute Gasteiger partial charge is 0.303 e. The van der Waals surface area contributed by atoms with Crippen LogP contribution in [0.4, 0.5) is 5.69 Å². The lowest BCUT2D eigenvalue weighted by Gasteiger charge is -2.00. The maximum atomic E-state index is 11.9. The average molecular weight is 368 g/mol. The van der Waals surface area contributed by atoms with Gasteiger partial charge in [0.15, 0.2) is 0 Å². The molecule has 0 saturated carbocycles. The largest absolute Gasteiger partial charge is 0.481 e. The molecule has 0 saturated heterocycles. The SMILES string of the molecule is O=C(O)CCCn1cc(NC(=O)/C=C/c2ccc(Cl)c(Cl)c2)cn1. The van der Waals surface area contributed by atoms with Crippen molar-refractivity contribution < 1.29 is 14.7 Å². The molecule has 0 radical (unpaired) electrons. The van der Waals surface area contributed by atoms with Crippen LogP contribution in [-0.2, 0) is 16.1 Å². The summed E-state index contributed by atoms with van der Waals surface area (Å²) in [4.78, 5) is 22.3. The summed E-state index contributed by atoms with van der Waals surface area (Å²) >= 11 is 11.7. The van der Waals surface area contributed by atoms with Crippen molar-refractivity contribution in [2.24, 2.45) is 0 Å². The maximum Gasteiger partial charge on any atom is 0.303 e. The topological polar surface area (TPSA) is 84.2 Å². The van der Waals surface area contributed by atoms with Gasteiger partial charge >= 0.3 is 5.97 Å². The van der Waals surface area contributed by atoms with Gasteiger partial charge in [0.1, 0.15) is 0 Å². The van der Waals surface area contributed by atoms with Crippen molar-refractivity contribution in [1.29, 1.82) is 0 Å². The van der Waals surface area contributed by atoms with Gasteiger partial charge in [0.25, 0.3) is 0 Å². The number of nitrogens with one attached hydrogen (secondary N) is 1.